The van der Waals surface area contributed by atoms with Crippen molar-refractivity contribution >= 4 is 44.1 Å². The van der Waals surface area contributed by atoms with Crippen molar-refractivity contribution in [3.05, 3.63) is 33.9 Å². The van der Waals surface area contributed by atoms with Crippen LogP contribution in [0.5, 0.6) is 0 Å². The van der Waals surface area contributed by atoms with Crippen LogP contribution in [0.15, 0.2) is 28.9 Å². The van der Waals surface area contributed by atoms with E-state index >= 15 is 0 Å². The molecule has 1 atom stereocenters. The number of benzene rings is 1. The number of halogens is 2. The number of anilines is 1. The number of nitrogens with zero attached hydrogens (tertiary/aromatic N) is 3. The number of aromatic nitrogens is 1. The number of hydrogen-bond acceptors (Lipinski definition) is 3. The van der Waals surface area contributed by atoms with E-state index in [2.05, 4.69) is 36.8 Å². The molecule has 2 saturated heterocycles. The maximum absolute atomic E-state index is 6.22. The molecule has 5 heteroatoms. The SMILES string of the molecule is Clc1ccc2c(N3CCC(N4CCCC4)C3)nccc2c1Br. The average molecular weight is 381 g/mol. The minimum absolute atomic E-state index is 0.690. The fraction of sp³-hybridized carbons (Fsp3) is 0.471. The number of fused-ring (bicyclic) bond motifs is 1. The highest BCUT2D eigenvalue weighted by Gasteiger charge is 2.30. The quantitative estimate of drug-likeness (QED) is 0.773. The van der Waals surface area contributed by atoms with E-state index in [0.29, 0.717) is 6.04 Å². The van der Waals surface area contributed by atoms with Gasteiger partial charge in [-0.3, -0.25) is 4.90 Å². The summed E-state index contributed by atoms with van der Waals surface area (Å²) in [4.78, 5) is 9.75. The summed E-state index contributed by atoms with van der Waals surface area (Å²) >= 11 is 9.82. The molecule has 3 heterocycles. The molecule has 1 aromatic heterocycles. The van der Waals surface area contributed by atoms with Gasteiger partial charge in [0.2, 0.25) is 0 Å². The van der Waals surface area contributed by atoms with Crippen molar-refractivity contribution < 1.29 is 0 Å². The first-order chi connectivity index (χ1) is 10.7. The molecular weight excluding hydrogens is 362 g/mol. The van der Waals surface area contributed by atoms with Crippen molar-refractivity contribution in [1.29, 1.82) is 0 Å². The standard InChI is InChI=1S/C17H19BrClN3/c18-16-13-5-7-20-17(14(13)3-4-15(16)19)22-10-6-12(11-22)21-8-1-2-9-21/h3-5,7,12H,1-2,6,8-11H2. The monoisotopic (exact) mass is 379 g/mol. The molecule has 0 saturated carbocycles. The highest BCUT2D eigenvalue weighted by molar-refractivity contribution is 9.10. The summed E-state index contributed by atoms with van der Waals surface area (Å²) in [5, 5.41) is 3.07. The largest absolute Gasteiger partial charge is 0.354 e. The molecule has 3 nitrogen and oxygen atoms in total. The Morgan fingerprint density at radius 1 is 1.09 bits per heavy atom. The molecule has 0 radical (unpaired) electrons. The molecule has 0 bridgehead atoms. The first-order valence-electron chi connectivity index (χ1n) is 7.96. The van der Waals surface area contributed by atoms with Gasteiger partial charge in [-0.05, 0) is 66.5 Å². The van der Waals surface area contributed by atoms with Crippen molar-refractivity contribution in [2.75, 3.05) is 31.1 Å². The second-order valence-electron chi connectivity index (χ2n) is 6.22. The molecule has 0 N–H and O–H groups in total. The summed E-state index contributed by atoms with van der Waals surface area (Å²) in [5.74, 6) is 1.09. The number of pyridine rings is 1. The number of likely N-dealkylation sites (tertiary alicyclic amines) is 1. The minimum atomic E-state index is 0.690. The van der Waals surface area contributed by atoms with Crippen molar-refractivity contribution in [3.63, 3.8) is 0 Å². The molecule has 4 rings (SSSR count). The lowest BCUT2D eigenvalue weighted by Gasteiger charge is -2.24. The third-order valence-electron chi connectivity index (χ3n) is 4.93. The van der Waals surface area contributed by atoms with Crippen molar-refractivity contribution in [2.24, 2.45) is 0 Å². The zero-order valence-electron chi connectivity index (χ0n) is 12.4. The van der Waals surface area contributed by atoms with Crippen LogP contribution in [0.2, 0.25) is 5.02 Å². The van der Waals surface area contributed by atoms with Crippen LogP contribution in [-0.2, 0) is 0 Å². The van der Waals surface area contributed by atoms with Crippen molar-refractivity contribution in [3.8, 4) is 0 Å². The van der Waals surface area contributed by atoms with E-state index in [4.69, 9.17) is 11.6 Å². The van der Waals surface area contributed by atoms with Gasteiger partial charge in [-0.15, -0.1) is 0 Å². The second-order valence-corrected chi connectivity index (χ2v) is 7.42. The van der Waals surface area contributed by atoms with Gasteiger partial charge >= 0.3 is 0 Å². The maximum Gasteiger partial charge on any atom is 0.136 e. The summed E-state index contributed by atoms with van der Waals surface area (Å²) in [5.41, 5.74) is 0. The van der Waals surface area contributed by atoms with Crippen LogP contribution in [0.1, 0.15) is 19.3 Å². The minimum Gasteiger partial charge on any atom is -0.354 e. The topological polar surface area (TPSA) is 19.4 Å². The highest BCUT2D eigenvalue weighted by atomic mass is 79.9. The third-order valence-corrected chi connectivity index (χ3v) is 6.33. The summed E-state index contributed by atoms with van der Waals surface area (Å²) in [6, 6.07) is 6.76. The van der Waals surface area contributed by atoms with Crippen LogP contribution in [0.3, 0.4) is 0 Å². The average Bonchev–Trinajstić information content (AvgIpc) is 3.21. The Morgan fingerprint density at radius 3 is 2.73 bits per heavy atom. The van der Waals surface area contributed by atoms with Crippen molar-refractivity contribution in [1.82, 2.24) is 9.88 Å². The van der Waals surface area contributed by atoms with Gasteiger partial charge in [-0.25, -0.2) is 4.98 Å². The van der Waals surface area contributed by atoms with Gasteiger partial charge in [0.15, 0.2) is 0 Å². The van der Waals surface area contributed by atoms with Crippen LogP contribution in [0.25, 0.3) is 10.8 Å². The third kappa shape index (κ3) is 2.51. The fourth-order valence-corrected chi connectivity index (χ4v) is 4.41. The Labute approximate surface area is 144 Å². The Kier molecular flexibility index (Phi) is 4.01. The molecule has 0 aliphatic carbocycles. The molecule has 0 amide bonds. The predicted octanol–water partition coefficient (Wildman–Crippen LogP) is 4.33. The van der Waals surface area contributed by atoms with E-state index in [1.165, 1.54) is 37.7 Å². The molecule has 0 spiro atoms. The van der Waals surface area contributed by atoms with E-state index in [1.54, 1.807) is 0 Å². The van der Waals surface area contributed by atoms with Gasteiger partial charge < -0.3 is 4.90 Å². The van der Waals surface area contributed by atoms with Gasteiger partial charge in [0.25, 0.3) is 0 Å². The molecule has 2 aromatic rings. The predicted molar refractivity (Wildman–Crippen MR) is 95.9 cm³/mol. The maximum atomic E-state index is 6.22. The zero-order valence-corrected chi connectivity index (χ0v) is 14.8. The van der Waals surface area contributed by atoms with Gasteiger partial charge in [0.05, 0.1) is 5.02 Å². The Hall–Kier alpha value is -0.840. The van der Waals surface area contributed by atoms with Gasteiger partial charge in [0, 0.05) is 40.6 Å². The molecule has 22 heavy (non-hydrogen) atoms. The fourth-order valence-electron chi connectivity index (χ4n) is 3.77. The van der Waals surface area contributed by atoms with E-state index in [-0.39, 0.29) is 0 Å². The van der Waals surface area contributed by atoms with E-state index in [1.807, 2.05) is 18.3 Å². The lowest BCUT2D eigenvalue weighted by Crippen LogP contribution is -2.35. The van der Waals surface area contributed by atoms with Crippen LogP contribution < -0.4 is 4.90 Å². The summed E-state index contributed by atoms with van der Waals surface area (Å²) < 4.78 is 0.964. The van der Waals surface area contributed by atoms with Gasteiger partial charge in [-0.2, -0.15) is 0 Å². The molecule has 2 fully saturated rings. The molecule has 1 unspecified atom stereocenters. The lowest BCUT2D eigenvalue weighted by molar-refractivity contribution is 0.260. The summed E-state index contributed by atoms with van der Waals surface area (Å²) in [7, 11) is 0. The Balaban J connectivity index is 1.66. The normalized spacial score (nSPS) is 22.8. The molecular formula is C17H19BrClN3. The van der Waals surface area contributed by atoms with Crippen LogP contribution in [0.4, 0.5) is 5.82 Å². The first kappa shape index (κ1) is 14.7. The van der Waals surface area contributed by atoms with Crippen molar-refractivity contribution in [2.45, 2.75) is 25.3 Å². The van der Waals surface area contributed by atoms with E-state index in [0.717, 1.165) is 33.8 Å². The van der Waals surface area contributed by atoms with Crippen LogP contribution in [-0.4, -0.2) is 42.1 Å². The number of rotatable bonds is 2. The lowest BCUT2D eigenvalue weighted by atomic mass is 10.1. The smallest absolute Gasteiger partial charge is 0.136 e. The highest BCUT2D eigenvalue weighted by Crippen LogP contribution is 2.36. The van der Waals surface area contributed by atoms with Crippen LogP contribution in [0, 0.1) is 0 Å². The van der Waals surface area contributed by atoms with E-state index < -0.39 is 0 Å². The molecule has 1 aromatic carbocycles. The Morgan fingerprint density at radius 2 is 1.91 bits per heavy atom. The first-order valence-corrected chi connectivity index (χ1v) is 9.13. The summed E-state index contributed by atoms with van der Waals surface area (Å²) in [6.45, 7) is 4.71. The molecule has 2 aliphatic rings. The summed E-state index contributed by atoms with van der Waals surface area (Å²) in [6.07, 6.45) is 5.84. The molecule has 116 valence electrons. The number of hydrogen-bond donors (Lipinski definition) is 0. The van der Waals surface area contributed by atoms with Crippen LogP contribution >= 0.6 is 27.5 Å². The molecule has 2 aliphatic heterocycles. The Bertz CT molecular complexity index is 700. The second kappa shape index (κ2) is 5.99. The van der Waals surface area contributed by atoms with Gasteiger partial charge in [0.1, 0.15) is 5.82 Å². The van der Waals surface area contributed by atoms with E-state index in [9.17, 15) is 0 Å². The van der Waals surface area contributed by atoms with Gasteiger partial charge in [-0.1, -0.05) is 11.6 Å². The zero-order chi connectivity index (χ0) is 15.1.